The summed E-state index contributed by atoms with van der Waals surface area (Å²) in [5.74, 6) is -0.197. The molecule has 1 aromatic carbocycles. The Kier molecular flexibility index (Phi) is 4.18. The molecule has 2 atom stereocenters. The maximum absolute atomic E-state index is 13.9. The molecule has 1 saturated heterocycles. The van der Waals surface area contributed by atoms with Crippen LogP contribution in [0.3, 0.4) is 0 Å². The van der Waals surface area contributed by atoms with E-state index in [0.29, 0.717) is 12.2 Å². The van der Waals surface area contributed by atoms with Crippen molar-refractivity contribution in [3.8, 4) is 5.75 Å². The van der Waals surface area contributed by atoms with E-state index in [1.807, 2.05) is 0 Å². The van der Waals surface area contributed by atoms with E-state index >= 15 is 0 Å². The molecule has 1 saturated carbocycles. The molecule has 1 N–H and O–H groups in total. The Balaban J connectivity index is 1.56. The van der Waals surface area contributed by atoms with Crippen molar-refractivity contribution in [2.24, 2.45) is 0 Å². The third-order valence-corrected chi connectivity index (χ3v) is 4.72. The van der Waals surface area contributed by atoms with Crippen molar-refractivity contribution in [2.45, 2.75) is 63.3 Å². The van der Waals surface area contributed by atoms with Crippen LogP contribution in [-0.4, -0.2) is 23.4 Å². The molecular weight excluding hydrogens is 271 g/mol. The third kappa shape index (κ3) is 3.22. The van der Waals surface area contributed by atoms with Gasteiger partial charge in [0.2, 0.25) is 0 Å². The molecule has 21 heavy (non-hydrogen) atoms. The van der Waals surface area contributed by atoms with Crippen LogP contribution in [0.15, 0.2) is 18.2 Å². The van der Waals surface area contributed by atoms with Crippen molar-refractivity contribution in [1.82, 2.24) is 0 Å². The summed E-state index contributed by atoms with van der Waals surface area (Å²) in [6.07, 6.45) is 6.30. The summed E-state index contributed by atoms with van der Waals surface area (Å²) < 4.78 is 25.6. The fourth-order valence-corrected chi connectivity index (χ4v) is 3.48. The first-order chi connectivity index (χ1) is 10.1. The highest BCUT2D eigenvalue weighted by Crippen LogP contribution is 2.43. The van der Waals surface area contributed by atoms with E-state index in [4.69, 9.17) is 9.47 Å². The molecule has 0 aromatic heterocycles. The second-order valence-electron chi connectivity index (χ2n) is 6.35. The fourth-order valence-electron chi connectivity index (χ4n) is 3.48. The van der Waals surface area contributed by atoms with Crippen LogP contribution in [0.2, 0.25) is 0 Å². The molecule has 1 aliphatic heterocycles. The molecule has 116 valence electrons. The quantitative estimate of drug-likeness (QED) is 0.919. The number of halogens is 1. The zero-order valence-corrected chi connectivity index (χ0v) is 12.5. The first-order valence-corrected chi connectivity index (χ1v) is 7.86. The molecule has 2 fully saturated rings. The van der Waals surface area contributed by atoms with Gasteiger partial charge in [-0.3, -0.25) is 0 Å². The SMILES string of the molecule is CC(O)c1ccc(OCC2CCC3(CCCC3)O2)c(F)c1. The van der Waals surface area contributed by atoms with Gasteiger partial charge < -0.3 is 14.6 Å². The lowest BCUT2D eigenvalue weighted by Crippen LogP contribution is -2.27. The minimum Gasteiger partial charge on any atom is -0.488 e. The molecular formula is C17H23FO3. The number of ether oxygens (including phenoxy) is 2. The van der Waals surface area contributed by atoms with Gasteiger partial charge in [-0.05, 0) is 50.3 Å². The smallest absolute Gasteiger partial charge is 0.165 e. The minimum absolute atomic E-state index is 0.0685. The molecule has 2 unspecified atom stereocenters. The average Bonchev–Trinajstić information content (AvgIpc) is 3.08. The van der Waals surface area contributed by atoms with E-state index in [0.717, 1.165) is 25.7 Å². The van der Waals surface area contributed by atoms with Crippen LogP contribution in [0.25, 0.3) is 0 Å². The number of rotatable bonds is 4. The van der Waals surface area contributed by atoms with Gasteiger partial charge in [0.15, 0.2) is 11.6 Å². The van der Waals surface area contributed by atoms with Crippen molar-refractivity contribution in [3.05, 3.63) is 29.6 Å². The number of hydrogen-bond acceptors (Lipinski definition) is 3. The molecule has 1 aromatic rings. The van der Waals surface area contributed by atoms with Gasteiger partial charge in [0.25, 0.3) is 0 Å². The molecule has 3 rings (SSSR count). The second-order valence-corrected chi connectivity index (χ2v) is 6.35. The van der Waals surface area contributed by atoms with Crippen LogP contribution < -0.4 is 4.74 Å². The molecule has 3 nitrogen and oxygen atoms in total. The highest BCUT2D eigenvalue weighted by Gasteiger charge is 2.42. The maximum Gasteiger partial charge on any atom is 0.165 e. The normalized spacial score (nSPS) is 25.4. The summed E-state index contributed by atoms with van der Waals surface area (Å²) in [5.41, 5.74) is 0.643. The fraction of sp³-hybridized carbons (Fsp3) is 0.647. The first kappa shape index (κ1) is 14.8. The van der Waals surface area contributed by atoms with Crippen molar-refractivity contribution in [1.29, 1.82) is 0 Å². The molecule has 1 heterocycles. The Hall–Kier alpha value is -1.13. The Bertz CT molecular complexity index is 495. The van der Waals surface area contributed by atoms with Crippen LogP contribution in [0.1, 0.15) is 57.1 Å². The number of aliphatic hydroxyl groups excluding tert-OH is 1. The van der Waals surface area contributed by atoms with Crippen LogP contribution in [0.5, 0.6) is 5.75 Å². The van der Waals surface area contributed by atoms with Gasteiger partial charge in [0.05, 0.1) is 17.8 Å². The van der Waals surface area contributed by atoms with E-state index in [9.17, 15) is 9.50 Å². The Morgan fingerprint density at radius 3 is 2.81 bits per heavy atom. The Morgan fingerprint density at radius 2 is 2.14 bits per heavy atom. The van der Waals surface area contributed by atoms with Crippen molar-refractivity contribution in [3.63, 3.8) is 0 Å². The number of benzene rings is 1. The van der Waals surface area contributed by atoms with Crippen LogP contribution in [0.4, 0.5) is 4.39 Å². The van der Waals surface area contributed by atoms with Gasteiger partial charge in [-0.15, -0.1) is 0 Å². The highest BCUT2D eigenvalue weighted by molar-refractivity contribution is 5.30. The van der Waals surface area contributed by atoms with Gasteiger partial charge in [0.1, 0.15) is 6.61 Å². The lowest BCUT2D eigenvalue weighted by atomic mass is 9.98. The summed E-state index contributed by atoms with van der Waals surface area (Å²) >= 11 is 0. The second kappa shape index (κ2) is 5.93. The lowest BCUT2D eigenvalue weighted by molar-refractivity contribution is -0.0512. The standard InChI is InChI=1S/C17H23FO3/c1-12(19)13-4-5-16(15(18)10-13)20-11-14-6-9-17(21-14)7-2-3-8-17/h4-5,10,12,14,19H,2-3,6-9,11H2,1H3. The lowest BCUT2D eigenvalue weighted by Gasteiger charge is -2.23. The van der Waals surface area contributed by atoms with Crippen molar-refractivity contribution >= 4 is 0 Å². The van der Waals surface area contributed by atoms with Gasteiger partial charge in [-0.1, -0.05) is 18.9 Å². The third-order valence-electron chi connectivity index (χ3n) is 4.72. The van der Waals surface area contributed by atoms with Crippen LogP contribution in [-0.2, 0) is 4.74 Å². The molecule has 1 spiro atoms. The predicted molar refractivity (Wildman–Crippen MR) is 77.8 cm³/mol. The zero-order valence-electron chi connectivity index (χ0n) is 12.5. The van der Waals surface area contributed by atoms with Gasteiger partial charge >= 0.3 is 0 Å². The molecule has 4 heteroatoms. The monoisotopic (exact) mass is 294 g/mol. The number of aliphatic hydroxyl groups is 1. The summed E-state index contributed by atoms with van der Waals surface area (Å²) in [6, 6.07) is 4.60. The van der Waals surface area contributed by atoms with Gasteiger partial charge in [0, 0.05) is 0 Å². The van der Waals surface area contributed by atoms with E-state index in [1.54, 1.807) is 19.1 Å². The van der Waals surface area contributed by atoms with Crippen molar-refractivity contribution < 1.29 is 19.0 Å². The minimum atomic E-state index is -0.672. The van der Waals surface area contributed by atoms with E-state index in [2.05, 4.69) is 0 Å². The molecule has 0 amide bonds. The Labute approximate surface area is 125 Å². The molecule has 2 aliphatic rings. The van der Waals surface area contributed by atoms with Crippen molar-refractivity contribution in [2.75, 3.05) is 6.61 Å². The van der Waals surface area contributed by atoms with Gasteiger partial charge in [-0.25, -0.2) is 4.39 Å². The summed E-state index contributed by atoms with van der Waals surface area (Å²) in [5, 5.41) is 9.43. The van der Waals surface area contributed by atoms with E-state index in [1.165, 1.54) is 18.9 Å². The topological polar surface area (TPSA) is 38.7 Å². The predicted octanol–water partition coefficient (Wildman–Crippen LogP) is 3.75. The summed E-state index contributed by atoms with van der Waals surface area (Å²) in [6.45, 7) is 2.01. The molecule has 0 radical (unpaired) electrons. The first-order valence-electron chi connectivity index (χ1n) is 7.86. The largest absolute Gasteiger partial charge is 0.488 e. The number of hydrogen-bond donors (Lipinski definition) is 1. The van der Waals surface area contributed by atoms with Crippen LogP contribution >= 0.6 is 0 Å². The maximum atomic E-state index is 13.9. The summed E-state index contributed by atoms with van der Waals surface area (Å²) in [7, 11) is 0. The van der Waals surface area contributed by atoms with E-state index in [-0.39, 0.29) is 17.5 Å². The van der Waals surface area contributed by atoms with Gasteiger partial charge in [-0.2, -0.15) is 0 Å². The molecule has 1 aliphatic carbocycles. The summed E-state index contributed by atoms with van der Waals surface area (Å²) in [4.78, 5) is 0. The zero-order chi connectivity index (χ0) is 14.9. The Morgan fingerprint density at radius 1 is 1.38 bits per heavy atom. The average molecular weight is 294 g/mol. The van der Waals surface area contributed by atoms with Crippen LogP contribution in [0, 0.1) is 5.82 Å². The molecule has 0 bridgehead atoms. The highest BCUT2D eigenvalue weighted by atomic mass is 19.1. The van der Waals surface area contributed by atoms with E-state index < -0.39 is 11.9 Å².